The lowest BCUT2D eigenvalue weighted by molar-refractivity contribution is 0.0556. The fourth-order valence-corrected chi connectivity index (χ4v) is 4.10. The molecule has 0 saturated carbocycles. The highest BCUT2D eigenvalue weighted by Crippen LogP contribution is 2.37. The lowest BCUT2D eigenvalue weighted by Gasteiger charge is -2.09. The molecule has 0 fully saturated rings. The zero-order valence-electron chi connectivity index (χ0n) is 13.0. The largest absolute Gasteiger partial charge is 0.465 e. The van der Waals surface area contributed by atoms with Crippen LogP contribution in [0.4, 0.5) is 4.39 Å². The van der Waals surface area contributed by atoms with Gasteiger partial charge < -0.3 is 14.0 Å². The molecule has 6 nitrogen and oxygen atoms in total. The Labute approximate surface area is 139 Å². The van der Waals surface area contributed by atoms with E-state index < -0.39 is 28.6 Å². The highest BCUT2D eigenvalue weighted by Gasteiger charge is 2.36. The van der Waals surface area contributed by atoms with Gasteiger partial charge in [-0.2, -0.15) is 0 Å². The van der Waals surface area contributed by atoms with Gasteiger partial charge in [0.05, 0.1) is 37.1 Å². The summed E-state index contributed by atoms with van der Waals surface area (Å²) in [6, 6.07) is 5.49. The SMILES string of the molecule is COC(=O)c1c(C(=O)OC)c(-c2ccc(F)cc2)n2c1C[S@@](=O)C2. The van der Waals surface area contributed by atoms with Crippen LogP contribution in [-0.4, -0.2) is 34.9 Å². The molecular weight excluding hydrogens is 337 g/mol. The molecule has 1 atom stereocenters. The van der Waals surface area contributed by atoms with Crippen LogP contribution < -0.4 is 0 Å². The first kappa shape index (κ1) is 16.4. The van der Waals surface area contributed by atoms with Crippen molar-refractivity contribution < 1.29 is 27.7 Å². The van der Waals surface area contributed by atoms with Gasteiger partial charge in [0.1, 0.15) is 11.4 Å². The van der Waals surface area contributed by atoms with Crippen molar-refractivity contribution >= 4 is 22.7 Å². The Morgan fingerprint density at radius 2 is 1.67 bits per heavy atom. The third-order valence-corrected chi connectivity index (χ3v) is 4.98. The van der Waals surface area contributed by atoms with Crippen molar-refractivity contribution in [2.24, 2.45) is 0 Å². The van der Waals surface area contributed by atoms with Crippen molar-refractivity contribution in [2.75, 3.05) is 14.2 Å². The van der Waals surface area contributed by atoms with Crippen LogP contribution in [0.1, 0.15) is 26.4 Å². The van der Waals surface area contributed by atoms with Gasteiger partial charge in [0.25, 0.3) is 0 Å². The maximum absolute atomic E-state index is 13.2. The van der Waals surface area contributed by atoms with Crippen molar-refractivity contribution in [3.8, 4) is 11.3 Å². The quantitative estimate of drug-likeness (QED) is 0.792. The number of hydrogen-bond donors (Lipinski definition) is 0. The second-order valence-electron chi connectivity index (χ2n) is 5.18. The number of hydrogen-bond acceptors (Lipinski definition) is 5. The number of benzene rings is 1. The van der Waals surface area contributed by atoms with Gasteiger partial charge in [0.15, 0.2) is 0 Å². The number of rotatable bonds is 3. The van der Waals surface area contributed by atoms with Gasteiger partial charge >= 0.3 is 11.9 Å². The third kappa shape index (κ3) is 2.52. The molecule has 2 heterocycles. The summed E-state index contributed by atoms with van der Waals surface area (Å²) in [7, 11) is 1.21. The maximum Gasteiger partial charge on any atom is 0.340 e. The predicted molar refractivity (Wildman–Crippen MR) is 84.4 cm³/mol. The van der Waals surface area contributed by atoms with Crippen LogP contribution in [0.25, 0.3) is 11.3 Å². The molecule has 0 aliphatic carbocycles. The first-order chi connectivity index (χ1) is 11.5. The maximum atomic E-state index is 13.2. The fraction of sp³-hybridized carbons (Fsp3) is 0.250. The van der Waals surface area contributed by atoms with E-state index in [2.05, 4.69) is 0 Å². The van der Waals surface area contributed by atoms with Crippen LogP contribution in [0.15, 0.2) is 24.3 Å². The van der Waals surface area contributed by atoms with Crippen molar-refractivity contribution in [3.63, 3.8) is 0 Å². The standard InChI is InChI=1S/C16H14FNO5S/c1-22-15(19)12-11-7-24(21)8-18(11)14(13(12)16(20)23-2)9-3-5-10(17)6-4-9/h3-6H,7-8H2,1-2H3/t24-/m1/s1. The third-order valence-electron chi connectivity index (χ3n) is 3.84. The lowest BCUT2D eigenvalue weighted by Crippen LogP contribution is -2.12. The van der Waals surface area contributed by atoms with E-state index in [1.54, 1.807) is 4.57 Å². The zero-order chi connectivity index (χ0) is 17.4. The number of carbonyl (C=O) groups is 2. The molecule has 1 aliphatic rings. The van der Waals surface area contributed by atoms with Crippen LogP contribution in [0.3, 0.4) is 0 Å². The first-order valence-electron chi connectivity index (χ1n) is 7.00. The summed E-state index contributed by atoms with van der Waals surface area (Å²) in [5.41, 5.74) is 1.45. The van der Waals surface area contributed by atoms with Gasteiger partial charge in [-0.05, 0) is 29.8 Å². The number of nitrogens with zero attached hydrogens (tertiary/aromatic N) is 1. The van der Waals surface area contributed by atoms with Crippen LogP contribution >= 0.6 is 0 Å². The molecule has 0 N–H and O–H groups in total. The van der Waals surface area contributed by atoms with Crippen LogP contribution in [0.2, 0.25) is 0 Å². The molecule has 0 amide bonds. The molecule has 0 spiro atoms. The van der Waals surface area contributed by atoms with Crippen molar-refractivity contribution in [1.29, 1.82) is 0 Å². The predicted octanol–water partition coefficient (Wildman–Crippen LogP) is 2.09. The first-order valence-corrected chi connectivity index (χ1v) is 8.49. The Balaban J connectivity index is 2.34. The second-order valence-corrected chi connectivity index (χ2v) is 6.60. The Kier molecular flexibility index (Phi) is 4.23. The number of esters is 2. The van der Waals surface area contributed by atoms with E-state index in [1.165, 1.54) is 38.5 Å². The van der Waals surface area contributed by atoms with E-state index in [9.17, 15) is 18.2 Å². The minimum Gasteiger partial charge on any atom is -0.465 e. The summed E-state index contributed by atoms with van der Waals surface area (Å²) in [5, 5.41) is 0. The van der Waals surface area contributed by atoms with E-state index in [0.29, 0.717) is 17.0 Å². The average Bonchev–Trinajstić information content (AvgIpc) is 3.08. The number of carbonyl (C=O) groups excluding carboxylic acids is 2. The summed E-state index contributed by atoms with van der Waals surface area (Å²) >= 11 is 0. The molecule has 2 aromatic rings. The van der Waals surface area contributed by atoms with Crippen molar-refractivity contribution in [1.82, 2.24) is 4.57 Å². The summed E-state index contributed by atoms with van der Waals surface area (Å²) in [4.78, 5) is 24.5. The Morgan fingerprint density at radius 1 is 1.08 bits per heavy atom. The van der Waals surface area contributed by atoms with Crippen molar-refractivity contribution in [2.45, 2.75) is 11.6 Å². The highest BCUT2D eigenvalue weighted by molar-refractivity contribution is 7.83. The van der Waals surface area contributed by atoms with Crippen molar-refractivity contribution in [3.05, 3.63) is 46.9 Å². The van der Waals surface area contributed by atoms with Gasteiger partial charge in [-0.3, -0.25) is 4.21 Å². The van der Waals surface area contributed by atoms with Gasteiger partial charge in [-0.15, -0.1) is 0 Å². The topological polar surface area (TPSA) is 74.6 Å². The summed E-state index contributed by atoms with van der Waals surface area (Å²) in [6.45, 7) is 0. The molecule has 1 aromatic carbocycles. The van der Waals surface area contributed by atoms with Gasteiger partial charge in [0.2, 0.25) is 0 Å². The lowest BCUT2D eigenvalue weighted by atomic mass is 10.0. The monoisotopic (exact) mass is 351 g/mol. The summed E-state index contributed by atoms with van der Waals surface area (Å²) < 4.78 is 36.4. The number of halogens is 1. The summed E-state index contributed by atoms with van der Waals surface area (Å²) in [5.74, 6) is -1.56. The van der Waals surface area contributed by atoms with Crippen LogP contribution in [-0.2, 0) is 31.9 Å². The Bertz CT molecular complexity index is 856. The fourth-order valence-electron chi connectivity index (χ4n) is 2.83. The molecule has 126 valence electrons. The molecule has 0 radical (unpaired) electrons. The molecule has 24 heavy (non-hydrogen) atoms. The second kappa shape index (κ2) is 6.20. The molecule has 0 saturated heterocycles. The van der Waals surface area contributed by atoms with E-state index in [0.717, 1.165) is 0 Å². The highest BCUT2D eigenvalue weighted by atomic mass is 32.2. The molecular formula is C16H14FNO5S. The van der Waals surface area contributed by atoms with Gasteiger partial charge in [-0.1, -0.05) is 0 Å². The smallest absolute Gasteiger partial charge is 0.340 e. The van der Waals surface area contributed by atoms with E-state index in [4.69, 9.17) is 9.47 Å². The normalized spacial score (nSPS) is 15.9. The number of methoxy groups -OCH3 is 2. The molecule has 8 heteroatoms. The molecule has 1 aromatic heterocycles. The van der Waals surface area contributed by atoms with E-state index >= 15 is 0 Å². The number of fused-ring (bicyclic) bond motifs is 1. The number of aromatic nitrogens is 1. The van der Waals surface area contributed by atoms with Gasteiger partial charge in [-0.25, -0.2) is 14.0 Å². The minimum absolute atomic E-state index is 0.0441. The van der Waals surface area contributed by atoms with E-state index in [1.807, 2.05) is 0 Å². The minimum atomic E-state index is -1.20. The Hall–Kier alpha value is -2.48. The number of ether oxygens (including phenoxy) is 2. The summed E-state index contributed by atoms with van der Waals surface area (Å²) in [6.07, 6.45) is 0. The molecule has 1 aliphatic heterocycles. The van der Waals surface area contributed by atoms with E-state index in [-0.39, 0.29) is 22.8 Å². The van der Waals surface area contributed by atoms with Crippen LogP contribution in [0, 0.1) is 5.82 Å². The molecule has 0 unspecified atom stereocenters. The molecule has 3 rings (SSSR count). The Morgan fingerprint density at radius 3 is 2.25 bits per heavy atom. The zero-order valence-corrected chi connectivity index (χ0v) is 13.8. The average molecular weight is 351 g/mol. The molecule has 0 bridgehead atoms. The van der Waals surface area contributed by atoms with Gasteiger partial charge in [0, 0.05) is 16.5 Å². The van der Waals surface area contributed by atoms with Crippen LogP contribution in [0.5, 0.6) is 0 Å².